The molecule has 0 aliphatic heterocycles. The number of rotatable bonds is 1. The van der Waals surface area contributed by atoms with Crippen molar-refractivity contribution in [2.24, 2.45) is 5.92 Å². The van der Waals surface area contributed by atoms with Crippen molar-refractivity contribution in [1.29, 1.82) is 0 Å². The van der Waals surface area contributed by atoms with Gasteiger partial charge >= 0.3 is 0 Å². The maximum Gasteiger partial charge on any atom is 0.0670 e. The van der Waals surface area contributed by atoms with Gasteiger partial charge in [-0.3, -0.25) is 0 Å². The summed E-state index contributed by atoms with van der Waals surface area (Å²) in [4.78, 5) is 0. The average molecular weight is 142 g/mol. The van der Waals surface area contributed by atoms with Gasteiger partial charge in [0.2, 0.25) is 0 Å². The molecule has 0 heterocycles. The van der Waals surface area contributed by atoms with Gasteiger partial charge in [-0.05, 0) is 25.2 Å². The van der Waals surface area contributed by atoms with Crippen LogP contribution >= 0.6 is 0 Å². The smallest absolute Gasteiger partial charge is 0.0670 e. The Hall–Kier alpha value is -0.0400. The highest BCUT2D eigenvalue weighted by Gasteiger charge is 2.33. The Bertz CT molecular complexity index is 111. The molecular weight excluding hydrogens is 124 g/mol. The van der Waals surface area contributed by atoms with Crippen molar-refractivity contribution in [2.45, 2.75) is 51.6 Å². The van der Waals surface area contributed by atoms with Gasteiger partial charge in [0.05, 0.1) is 5.60 Å². The van der Waals surface area contributed by atoms with E-state index in [9.17, 15) is 5.11 Å². The zero-order chi connectivity index (χ0) is 7.61. The van der Waals surface area contributed by atoms with Crippen LogP contribution in [0, 0.1) is 5.92 Å². The maximum absolute atomic E-state index is 9.95. The van der Waals surface area contributed by atoms with Crippen molar-refractivity contribution >= 4 is 0 Å². The first-order valence-electron chi connectivity index (χ1n) is 4.41. The van der Waals surface area contributed by atoms with Gasteiger partial charge in [-0.25, -0.2) is 0 Å². The largest absolute Gasteiger partial charge is 0.390 e. The first kappa shape index (κ1) is 8.06. The van der Waals surface area contributed by atoms with Crippen molar-refractivity contribution in [1.82, 2.24) is 0 Å². The van der Waals surface area contributed by atoms with Crippen LogP contribution in [0.3, 0.4) is 0 Å². The molecule has 1 saturated carbocycles. The predicted molar refractivity (Wildman–Crippen MR) is 42.9 cm³/mol. The zero-order valence-electron chi connectivity index (χ0n) is 7.06. The summed E-state index contributed by atoms with van der Waals surface area (Å²) >= 11 is 0. The third kappa shape index (κ3) is 1.34. The van der Waals surface area contributed by atoms with Crippen molar-refractivity contribution in [3.8, 4) is 0 Å². The highest BCUT2D eigenvalue weighted by Crippen LogP contribution is 2.35. The monoisotopic (exact) mass is 142 g/mol. The van der Waals surface area contributed by atoms with Crippen LogP contribution in [-0.2, 0) is 0 Å². The molecule has 0 aromatic heterocycles. The van der Waals surface area contributed by atoms with Crippen LogP contribution in [0.15, 0.2) is 0 Å². The molecule has 1 aliphatic rings. The van der Waals surface area contributed by atoms with Gasteiger partial charge in [0, 0.05) is 0 Å². The fraction of sp³-hybridized carbons (Fsp3) is 1.00. The van der Waals surface area contributed by atoms with E-state index in [1.807, 2.05) is 0 Å². The first-order valence-corrected chi connectivity index (χ1v) is 4.41. The Morgan fingerprint density at radius 2 is 2.20 bits per heavy atom. The first-order chi connectivity index (χ1) is 4.69. The van der Waals surface area contributed by atoms with E-state index in [4.69, 9.17) is 0 Å². The van der Waals surface area contributed by atoms with E-state index < -0.39 is 0 Å². The van der Waals surface area contributed by atoms with Crippen molar-refractivity contribution in [3.63, 3.8) is 0 Å². The van der Waals surface area contributed by atoms with Crippen LogP contribution in [0.5, 0.6) is 0 Å². The average Bonchev–Trinajstić information content (AvgIpc) is 1.96. The standard InChI is InChI=1S/C9H18O/c1-3-9(10)7-5-4-6-8(9)2/h8,10H,3-7H2,1-2H3/t8-,9-/m1/s1. The molecule has 1 N–H and O–H groups in total. The summed E-state index contributed by atoms with van der Waals surface area (Å²) in [5, 5.41) is 9.95. The summed E-state index contributed by atoms with van der Waals surface area (Å²) in [6, 6.07) is 0. The van der Waals surface area contributed by atoms with Gasteiger partial charge in [0.1, 0.15) is 0 Å². The fourth-order valence-corrected chi connectivity index (χ4v) is 1.92. The Kier molecular flexibility index (Phi) is 2.35. The molecule has 10 heavy (non-hydrogen) atoms. The van der Waals surface area contributed by atoms with Crippen LogP contribution in [0.25, 0.3) is 0 Å². The maximum atomic E-state index is 9.95. The van der Waals surface area contributed by atoms with E-state index in [1.165, 1.54) is 19.3 Å². The van der Waals surface area contributed by atoms with Gasteiger partial charge in [-0.15, -0.1) is 0 Å². The van der Waals surface area contributed by atoms with Gasteiger partial charge in [0.25, 0.3) is 0 Å². The summed E-state index contributed by atoms with van der Waals surface area (Å²) in [5.74, 6) is 0.520. The van der Waals surface area contributed by atoms with Crippen molar-refractivity contribution in [3.05, 3.63) is 0 Å². The lowest BCUT2D eigenvalue weighted by Gasteiger charge is -2.37. The quantitative estimate of drug-likeness (QED) is 0.595. The molecule has 0 saturated heterocycles. The third-order valence-corrected chi connectivity index (χ3v) is 3.03. The van der Waals surface area contributed by atoms with Gasteiger partial charge < -0.3 is 5.11 Å². The summed E-state index contributed by atoms with van der Waals surface area (Å²) in [5.41, 5.74) is -0.321. The summed E-state index contributed by atoms with van der Waals surface area (Å²) in [6.07, 6.45) is 5.68. The topological polar surface area (TPSA) is 20.2 Å². The molecule has 1 rings (SSSR count). The van der Waals surface area contributed by atoms with E-state index in [0.29, 0.717) is 5.92 Å². The minimum absolute atomic E-state index is 0.321. The minimum Gasteiger partial charge on any atom is -0.390 e. The lowest BCUT2D eigenvalue weighted by molar-refractivity contribution is -0.0439. The molecule has 1 aliphatic carbocycles. The highest BCUT2D eigenvalue weighted by atomic mass is 16.3. The highest BCUT2D eigenvalue weighted by molar-refractivity contribution is 4.85. The summed E-state index contributed by atoms with van der Waals surface area (Å²) < 4.78 is 0. The van der Waals surface area contributed by atoms with E-state index in [2.05, 4.69) is 13.8 Å². The Morgan fingerprint density at radius 3 is 2.60 bits per heavy atom. The number of aliphatic hydroxyl groups is 1. The van der Waals surface area contributed by atoms with Crippen molar-refractivity contribution < 1.29 is 5.11 Å². The second kappa shape index (κ2) is 2.91. The van der Waals surface area contributed by atoms with Crippen LogP contribution in [0.1, 0.15) is 46.0 Å². The Balaban J connectivity index is 2.54. The van der Waals surface area contributed by atoms with Gasteiger partial charge in [0.15, 0.2) is 0 Å². The van der Waals surface area contributed by atoms with Gasteiger partial charge in [-0.1, -0.05) is 26.7 Å². The molecule has 0 radical (unpaired) electrons. The fourth-order valence-electron chi connectivity index (χ4n) is 1.92. The Labute approximate surface area is 63.4 Å². The molecule has 0 amide bonds. The van der Waals surface area contributed by atoms with Crippen LogP contribution in [0.4, 0.5) is 0 Å². The molecule has 1 fully saturated rings. The van der Waals surface area contributed by atoms with Crippen LogP contribution in [0.2, 0.25) is 0 Å². The normalized spacial score (nSPS) is 41.7. The van der Waals surface area contributed by atoms with E-state index in [0.717, 1.165) is 12.8 Å². The van der Waals surface area contributed by atoms with E-state index in [-0.39, 0.29) is 5.60 Å². The molecule has 60 valence electrons. The summed E-state index contributed by atoms with van der Waals surface area (Å²) in [6.45, 7) is 4.25. The zero-order valence-corrected chi connectivity index (χ0v) is 7.06. The Morgan fingerprint density at radius 1 is 1.50 bits per heavy atom. The lowest BCUT2D eigenvalue weighted by atomic mass is 9.75. The van der Waals surface area contributed by atoms with E-state index in [1.54, 1.807) is 0 Å². The molecule has 0 aromatic carbocycles. The van der Waals surface area contributed by atoms with Crippen LogP contribution < -0.4 is 0 Å². The molecule has 2 atom stereocenters. The lowest BCUT2D eigenvalue weighted by Crippen LogP contribution is -2.38. The molecule has 0 aromatic rings. The number of hydrogen-bond donors (Lipinski definition) is 1. The second-order valence-electron chi connectivity index (χ2n) is 3.60. The number of hydrogen-bond acceptors (Lipinski definition) is 1. The summed E-state index contributed by atoms with van der Waals surface area (Å²) in [7, 11) is 0. The predicted octanol–water partition coefficient (Wildman–Crippen LogP) is 2.34. The molecule has 0 spiro atoms. The molecule has 1 heteroatoms. The third-order valence-electron chi connectivity index (χ3n) is 3.03. The second-order valence-corrected chi connectivity index (χ2v) is 3.60. The minimum atomic E-state index is -0.321. The molecule has 1 nitrogen and oxygen atoms in total. The van der Waals surface area contributed by atoms with Crippen LogP contribution in [-0.4, -0.2) is 10.7 Å². The SMILES string of the molecule is CC[C@@]1(O)CCCC[C@H]1C. The molecule has 0 unspecified atom stereocenters. The van der Waals surface area contributed by atoms with Gasteiger partial charge in [-0.2, -0.15) is 0 Å². The van der Waals surface area contributed by atoms with Crippen molar-refractivity contribution in [2.75, 3.05) is 0 Å². The molecule has 0 bridgehead atoms. The molecular formula is C9H18O. The van der Waals surface area contributed by atoms with E-state index >= 15 is 0 Å².